The number of carbonyl (C=O) groups excluding carboxylic acids is 1. The molecule has 2 bridgehead atoms. The summed E-state index contributed by atoms with van der Waals surface area (Å²) < 4.78 is 26.3. The van der Waals surface area contributed by atoms with Crippen LogP contribution < -0.4 is 5.32 Å². The van der Waals surface area contributed by atoms with E-state index in [4.69, 9.17) is 32.9 Å². The van der Waals surface area contributed by atoms with Crippen LogP contribution in [0.5, 0.6) is 0 Å². The molecule has 268 valence electrons. The lowest BCUT2D eigenvalue weighted by molar-refractivity contribution is -0.141. The van der Waals surface area contributed by atoms with Gasteiger partial charge in [0.1, 0.15) is 10.5 Å². The van der Waals surface area contributed by atoms with E-state index in [9.17, 15) is 10.1 Å². The molecule has 6 heterocycles. The number of fused-ring (bicyclic) bond motifs is 4. The van der Waals surface area contributed by atoms with Crippen LogP contribution >= 0.6 is 34.5 Å². The van der Waals surface area contributed by atoms with Gasteiger partial charge >= 0.3 is 0 Å². The molecule has 1 amide bonds. The summed E-state index contributed by atoms with van der Waals surface area (Å²) in [6.45, 7) is 7.49. The maximum Gasteiger partial charge on any atom is 0.226 e. The largest absolute Gasteiger partial charge is 0.369 e. The average molecular weight is 758 g/mol. The van der Waals surface area contributed by atoms with Crippen molar-refractivity contribution in [2.75, 3.05) is 6.54 Å². The number of nitriles is 1. The van der Waals surface area contributed by atoms with Crippen molar-refractivity contribution in [3.8, 4) is 17.2 Å². The highest BCUT2D eigenvalue weighted by molar-refractivity contribution is 7.09. The zero-order valence-electron chi connectivity index (χ0n) is 29.3. The number of halogens is 3. The Hall–Kier alpha value is -3.59. The SMILES string of the molecule is Cc1nc2c(F)c(-c3cccc(Cl)c3Cl)c(CCC#N)cc2c2c1cc([C@H]1C[C@H](OCc3nccs3)C(C)(C)N1C(=O)C1CC1)n2[C@H]1[C@H]2CN[C@@H]1C2. The van der Waals surface area contributed by atoms with Crippen LogP contribution in [0.4, 0.5) is 4.39 Å². The molecule has 2 aliphatic carbocycles. The standard InChI is InChI=1S/C40H39Cl2FN6O2S/c1-20-25-16-29(30-17-31(51-19-32-45-12-13-52-32)40(2,3)49(30)39(50)21-9-10-21)48(37-23-15-28(37)46-18-23)38(25)26-14-22(6-5-11-44)33(35(43)36(26)47-20)24-7-4-8-27(41)34(24)42/h4,7-8,12-14,16,21,23,28,30-31,37,46H,5-6,9-10,15,17-19H2,1-3H3/t23-,28-,30-,31+,37+/m1/s1. The molecule has 3 saturated heterocycles. The van der Waals surface area contributed by atoms with Crippen LogP contribution in [-0.2, 0) is 22.6 Å². The van der Waals surface area contributed by atoms with Gasteiger partial charge in [-0.15, -0.1) is 11.3 Å². The van der Waals surface area contributed by atoms with Gasteiger partial charge in [-0.25, -0.2) is 14.4 Å². The smallest absolute Gasteiger partial charge is 0.226 e. The molecule has 5 fully saturated rings. The number of pyridine rings is 1. The zero-order chi connectivity index (χ0) is 36.1. The lowest BCUT2D eigenvalue weighted by Gasteiger charge is -2.41. The van der Waals surface area contributed by atoms with E-state index in [0.29, 0.717) is 58.2 Å². The first-order valence-corrected chi connectivity index (χ1v) is 19.8. The lowest BCUT2D eigenvalue weighted by Crippen LogP contribution is -2.50. The summed E-state index contributed by atoms with van der Waals surface area (Å²) in [6.07, 6.45) is 5.62. The third-order valence-corrected chi connectivity index (χ3v) is 13.6. The van der Waals surface area contributed by atoms with E-state index in [2.05, 4.69) is 45.8 Å². The maximum absolute atomic E-state index is 17.2. The number of benzene rings is 2. The quantitative estimate of drug-likeness (QED) is 0.161. The van der Waals surface area contributed by atoms with Crippen molar-refractivity contribution in [1.82, 2.24) is 24.8 Å². The Morgan fingerprint density at radius 3 is 2.73 bits per heavy atom. The molecule has 5 aliphatic rings. The first kappa shape index (κ1) is 34.2. The van der Waals surface area contributed by atoms with E-state index in [1.54, 1.807) is 35.7 Å². The fourth-order valence-electron chi connectivity index (χ4n) is 9.24. The first-order valence-electron chi connectivity index (χ1n) is 18.1. The molecular weight excluding hydrogens is 718 g/mol. The summed E-state index contributed by atoms with van der Waals surface area (Å²) in [5, 5.41) is 18.4. The Morgan fingerprint density at radius 2 is 2.04 bits per heavy atom. The number of nitrogens with zero attached hydrogens (tertiary/aromatic N) is 5. The normalized spacial score (nSPS) is 24.9. The van der Waals surface area contributed by atoms with Crippen LogP contribution in [-0.4, -0.2) is 49.6 Å². The average Bonchev–Trinajstić information content (AvgIpc) is 3.54. The Balaban J connectivity index is 1.27. The molecule has 0 radical (unpaired) electrons. The van der Waals surface area contributed by atoms with Crippen LogP contribution in [0.25, 0.3) is 32.9 Å². The second-order valence-corrected chi connectivity index (χ2v) is 17.2. The van der Waals surface area contributed by atoms with E-state index in [1.165, 1.54) is 0 Å². The number of hydrogen-bond acceptors (Lipinski definition) is 7. The van der Waals surface area contributed by atoms with Crippen LogP contribution in [0.2, 0.25) is 10.0 Å². The van der Waals surface area contributed by atoms with Crippen molar-refractivity contribution in [2.45, 2.75) is 95.7 Å². The van der Waals surface area contributed by atoms with Gasteiger partial charge in [-0.05, 0) is 76.1 Å². The molecule has 3 aromatic heterocycles. The third-order valence-electron chi connectivity index (χ3n) is 12.0. The highest BCUT2D eigenvalue weighted by atomic mass is 35.5. The van der Waals surface area contributed by atoms with E-state index < -0.39 is 11.4 Å². The van der Waals surface area contributed by atoms with Crippen molar-refractivity contribution in [1.29, 1.82) is 5.26 Å². The molecule has 1 N–H and O–H groups in total. The predicted molar refractivity (Wildman–Crippen MR) is 202 cm³/mol. The molecule has 12 heteroatoms. The van der Waals surface area contributed by atoms with Crippen LogP contribution in [0.3, 0.4) is 0 Å². The molecule has 2 aromatic carbocycles. The van der Waals surface area contributed by atoms with Crippen LogP contribution in [0.1, 0.15) is 80.0 Å². The molecule has 5 aromatic rings. The number of ether oxygens (including phenoxy) is 1. The summed E-state index contributed by atoms with van der Waals surface area (Å²) in [6, 6.07) is 11.8. The molecule has 8 nitrogen and oxygen atoms in total. The molecule has 0 unspecified atom stereocenters. The second kappa shape index (κ2) is 12.8. The fraction of sp³-hybridized carbons (Fsp3) is 0.450. The summed E-state index contributed by atoms with van der Waals surface area (Å²) in [5.41, 5.74) is 3.83. The number of amides is 1. The Kier molecular flexibility index (Phi) is 8.40. The predicted octanol–water partition coefficient (Wildman–Crippen LogP) is 9.10. The summed E-state index contributed by atoms with van der Waals surface area (Å²) in [4.78, 5) is 25.8. The number of rotatable bonds is 9. The van der Waals surface area contributed by atoms with Crippen molar-refractivity contribution < 1.29 is 13.9 Å². The first-order chi connectivity index (χ1) is 25.1. The highest BCUT2D eigenvalue weighted by Crippen LogP contribution is 2.53. The highest BCUT2D eigenvalue weighted by Gasteiger charge is 2.56. The van der Waals surface area contributed by atoms with Gasteiger partial charge < -0.3 is 19.5 Å². The number of aromatic nitrogens is 3. The molecule has 3 aliphatic heterocycles. The summed E-state index contributed by atoms with van der Waals surface area (Å²) in [5.74, 6) is 0.132. The summed E-state index contributed by atoms with van der Waals surface area (Å²) in [7, 11) is 0. The van der Waals surface area contributed by atoms with Gasteiger partial charge in [0.05, 0.1) is 52.0 Å². The maximum atomic E-state index is 17.2. The fourth-order valence-corrected chi connectivity index (χ4v) is 10.2. The van der Waals surface area contributed by atoms with Crippen molar-refractivity contribution >= 4 is 62.3 Å². The van der Waals surface area contributed by atoms with Gasteiger partial charge in [-0.1, -0.05) is 35.3 Å². The summed E-state index contributed by atoms with van der Waals surface area (Å²) >= 11 is 14.7. The van der Waals surface area contributed by atoms with Crippen molar-refractivity contribution in [3.63, 3.8) is 0 Å². The van der Waals surface area contributed by atoms with E-state index in [1.807, 2.05) is 18.4 Å². The van der Waals surface area contributed by atoms with Crippen LogP contribution in [0, 0.1) is 35.9 Å². The zero-order valence-corrected chi connectivity index (χ0v) is 31.6. The number of aryl methyl sites for hydroxylation is 2. The molecule has 10 rings (SSSR count). The molecule has 5 atom stereocenters. The Morgan fingerprint density at radius 1 is 1.21 bits per heavy atom. The number of carbonyl (C=O) groups is 1. The minimum Gasteiger partial charge on any atom is -0.369 e. The van der Waals surface area contributed by atoms with Gasteiger partial charge in [0.2, 0.25) is 5.91 Å². The van der Waals surface area contributed by atoms with Gasteiger partial charge in [0.25, 0.3) is 0 Å². The van der Waals surface area contributed by atoms with Crippen LogP contribution in [0.15, 0.2) is 41.9 Å². The number of likely N-dealkylation sites (tertiary alicyclic amines) is 1. The number of thiazole rings is 1. The number of hydrogen-bond donors (Lipinski definition) is 1. The van der Waals surface area contributed by atoms with Gasteiger partial charge in [-0.2, -0.15) is 5.26 Å². The van der Waals surface area contributed by atoms with Crippen molar-refractivity contribution in [3.05, 3.63) is 79.7 Å². The van der Waals surface area contributed by atoms with Gasteiger partial charge in [0.15, 0.2) is 5.82 Å². The second-order valence-electron chi connectivity index (χ2n) is 15.4. The Labute approximate surface area is 315 Å². The Bertz CT molecular complexity index is 2280. The molecular formula is C40H39Cl2FN6O2S. The number of nitrogens with one attached hydrogen (secondary N) is 1. The minimum absolute atomic E-state index is 0.0247. The van der Waals surface area contributed by atoms with Gasteiger partial charge in [-0.3, -0.25) is 4.79 Å². The van der Waals surface area contributed by atoms with Crippen molar-refractivity contribution in [2.24, 2.45) is 11.8 Å². The monoisotopic (exact) mass is 756 g/mol. The van der Waals surface area contributed by atoms with E-state index >= 15 is 4.39 Å². The topological polar surface area (TPSA) is 96.1 Å². The molecule has 2 saturated carbocycles. The van der Waals surface area contributed by atoms with E-state index in [0.717, 1.165) is 47.4 Å². The van der Waals surface area contributed by atoms with E-state index in [-0.39, 0.29) is 53.0 Å². The molecule has 0 spiro atoms. The third kappa shape index (κ3) is 5.30. The molecule has 52 heavy (non-hydrogen) atoms. The lowest BCUT2D eigenvalue weighted by atomic mass is 9.79. The minimum atomic E-state index is -0.573. The van der Waals surface area contributed by atoms with Gasteiger partial charge in [0, 0.05) is 76.2 Å².